The Morgan fingerprint density at radius 1 is 1.58 bits per heavy atom. The van der Waals surface area contributed by atoms with Crippen LogP contribution in [0.3, 0.4) is 0 Å². The molecule has 1 aliphatic heterocycles. The molecule has 0 spiro atoms. The lowest BCUT2D eigenvalue weighted by molar-refractivity contribution is 0.117. The van der Waals surface area contributed by atoms with Gasteiger partial charge < -0.3 is 9.47 Å². The molecule has 0 aromatic carbocycles. The van der Waals surface area contributed by atoms with Gasteiger partial charge in [-0.2, -0.15) is 8.42 Å². The van der Waals surface area contributed by atoms with E-state index in [9.17, 15) is 13.2 Å². The smallest absolute Gasteiger partial charge is 0.430 e. The van der Waals surface area contributed by atoms with Crippen molar-refractivity contribution in [3.05, 3.63) is 0 Å². The molecule has 1 saturated heterocycles. The van der Waals surface area contributed by atoms with Crippen molar-refractivity contribution in [3.63, 3.8) is 0 Å². The Morgan fingerprint density at radius 3 is 2.67 bits per heavy atom. The topological polar surface area (TPSA) is 89.9 Å². The van der Waals surface area contributed by atoms with E-state index in [1.54, 1.807) is 0 Å². The SMILES string of the molecule is O=C1OCC(CCS(=O)(=O)O)O1. The molecule has 70 valence electrons. The van der Waals surface area contributed by atoms with Gasteiger partial charge >= 0.3 is 6.16 Å². The first-order chi connectivity index (χ1) is 5.47. The van der Waals surface area contributed by atoms with Crippen molar-refractivity contribution in [1.29, 1.82) is 0 Å². The summed E-state index contributed by atoms with van der Waals surface area (Å²) < 4.78 is 37.7. The molecule has 1 aliphatic rings. The van der Waals surface area contributed by atoms with Crippen LogP contribution >= 0.6 is 0 Å². The van der Waals surface area contributed by atoms with E-state index < -0.39 is 28.1 Å². The zero-order chi connectivity index (χ0) is 9.19. The van der Waals surface area contributed by atoms with Crippen LogP contribution in [-0.2, 0) is 19.6 Å². The first-order valence-electron chi connectivity index (χ1n) is 3.26. The Labute approximate surface area is 69.2 Å². The molecule has 0 saturated carbocycles. The predicted molar refractivity (Wildman–Crippen MR) is 37.3 cm³/mol. The molecule has 7 heteroatoms. The fourth-order valence-electron chi connectivity index (χ4n) is 0.788. The first-order valence-corrected chi connectivity index (χ1v) is 4.87. The first kappa shape index (κ1) is 9.27. The van der Waals surface area contributed by atoms with E-state index in [0.29, 0.717) is 0 Å². The maximum atomic E-state index is 10.3. The summed E-state index contributed by atoms with van der Waals surface area (Å²) in [5.74, 6) is -0.422. The lowest BCUT2D eigenvalue weighted by atomic mass is 10.3. The summed E-state index contributed by atoms with van der Waals surface area (Å²) in [4.78, 5) is 10.3. The molecular formula is C5H8O6S. The highest BCUT2D eigenvalue weighted by atomic mass is 32.2. The molecule has 1 rings (SSSR count). The average molecular weight is 196 g/mol. The number of rotatable bonds is 3. The van der Waals surface area contributed by atoms with Crippen molar-refractivity contribution >= 4 is 16.3 Å². The quantitative estimate of drug-likeness (QED) is 0.496. The Morgan fingerprint density at radius 2 is 2.25 bits per heavy atom. The largest absolute Gasteiger partial charge is 0.508 e. The van der Waals surface area contributed by atoms with E-state index in [0.717, 1.165) is 0 Å². The summed E-state index contributed by atoms with van der Waals surface area (Å²) in [6.07, 6.45) is -1.29. The number of ether oxygens (including phenoxy) is 2. The number of carbonyl (C=O) groups is 1. The monoisotopic (exact) mass is 196 g/mol. The Kier molecular flexibility index (Phi) is 2.53. The molecule has 0 aliphatic carbocycles. The van der Waals surface area contributed by atoms with Gasteiger partial charge in [-0.1, -0.05) is 0 Å². The Hall–Kier alpha value is -0.820. The van der Waals surface area contributed by atoms with Crippen molar-refractivity contribution in [3.8, 4) is 0 Å². The maximum Gasteiger partial charge on any atom is 0.508 e. The van der Waals surface area contributed by atoms with Crippen LogP contribution in [0.25, 0.3) is 0 Å². The minimum absolute atomic E-state index is 0.0500. The molecule has 1 fully saturated rings. The van der Waals surface area contributed by atoms with Crippen LogP contribution in [0.5, 0.6) is 0 Å². The van der Waals surface area contributed by atoms with Crippen LogP contribution in [0.15, 0.2) is 0 Å². The number of hydrogen-bond acceptors (Lipinski definition) is 5. The van der Waals surface area contributed by atoms with Gasteiger partial charge in [-0.05, 0) is 0 Å². The molecule has 1 unspecified atom stereocenters. The van der Waals surface area contributed by atoms with Crippen LogP contribution < -0.4 is 0 Å². The normalized spacial score (nSPS) is 23.4. The van der Waals surface area contributed by atoms with E-state index >= 15 is 0 Å². The van der Waals surface area contributed by atoms with Gasteiger partial charge in [-0.15, -0.1) is 0 Å². The molecule has 0 aromatic rings. The molecule has 1 heterocycles. The van der Waals surface area contributed by atoms with Gasteiger partial charge in [-0.3, -0.25) is 4.55 Å². The van der Waals surface area contributed by atoms with Crippen LogP contribution in [-0.4, -0.2) is 37.6 Å². The van der Waals surface area contributed by atoms with Crippen LogP contribution in [0.4, 0.5) is 4.79 Å². The van der Waals surface area contributed by atoms with Gasteiger partial charge in [0.25, 0.3) is 10.1 Å². The molecule has 1 atom stereocenters. The van der Waals surface area contributed by atoms with Crippen LogP contribution in [0.2, 0.25) is 0 Å². The summed E-state index contributed by atoms with van der Waals surface area (Å²) in [6.45, 7) is 0.0500. The summed E-state index contributed by atoms with van der Waals surface area (Å²) in [6, 6.07) is 0. The van der Waals surface area contributed by atoms with Crippen LogP contribution in [0, 0.1) is 0 Å². The molecule has 0 radical (unpaired) electrons. The molecule has 0 amide bonds. The van der Waals surface area contributed by atoms with E-state index in [1.165, 1.54) is 0 Å². The minimum Gasteiger partial charge on any atom is -0.430 e. The van der Waals surface area contributed by atoms with Gasteiger partial charge in [-0.25, -0.2) is 4.79 Å². The second-order valence-corrected chi connectivity index (χ2v) is 3.95. The van der Waals surface area contributed by atoms with Crippen molar-refractivity contribution < 1.29 is 27.2 Å². The van der Waals surface area contributed by atoms with Gasteiger partial charge in [0.1, 0.15) is 12.7 Å². The fraction of sp³-hybridized carbons (Fsp3) is 0.800. The van der Waals surface area contributed by atoms with E-state index in [4.69, 9.17) is 4.55 Å². The maximum absolute atomic E-state index is 10.3. The summed E-state index contributed by atoms with van der Waals surface area (Å²) in [7, 11) is -3.98. The molecule has 1 N–H and O–H groups in total. The average Bonchev–Trinajstić information content (AvgIpc) is 2.30. The van der Waals surface area contributed by atoms with Gasteiger partial charge in [0.15, 0.2) is 0 Å². The number of carbonyl (C=O) groups excluding carboxylic acids is 1. The van der Waals surface area contributed by atoms with Crippen molar-refractivity contribution in [2.45, 2.75) is 12.5 Å². The molecule has 0 aromatic heterocycles. The lowest BCUT2D eigenvalue weighted by Gasteiger charge is -2.02. The van der Waals surface area contributed by atoms with Gasteiger partial charge in [0.2, 0.25) is 0 Å². The van der Waals surface area contributed by atoms with Crippen molar-refractivity contribution in [2.75, 3.05) is 12.4 Å². The fourth-order valence-corrected chi connectivity index (χ4v) is 1.35. The summed E-state index contributed by atoms with van der Waals surface area (Å²) in [5.41, 5.74) is 0. The third kappa shape index (κ3) is 3.05. The standard InChI is InChI=1S/C5H8O6S/c6-5-10-3-4(11-5)1-2-12(7,8)9/h4H,1-3H2,(H,7,8,9). The third-order valence-corrected chi connectivity index (χ3v) is 2.10. The highest BCUT2D eigenvalue weighted by Crippen LogP contribution is 2.10. The van der Waals surface area contributed by atoms with Gasteiger partial charge in [0.05, 0.1) is 5.75 Å². The van der Waals surface area contributed by atoms with Crippen molar-refractivity contribution in [2.24, 2.45) is 0 Å². The van der Waals surface area contributed by atoms with Gasteiger partial charge in [0, 0.05) is 6.42 Å². The number of hydrogen-bond donors (Lipinski definition) is 1. The number of cyclic esters (lactones) is 2. The Balaban J connectivity index is 2.30. The summed E-state index contributed by atoms with van der Waals surface area (Å²) >= 11 is 0. The van der Waals surface area contributed by atoms with Crippen molar-refractivity contribution in [1.82, 2.24) is 0 Å². The highest BCUT2D eigenvalue weighted by molar-refractivity contribution is 7.85. The second-order valence-electron chi connectivity index (χ2n) is 2.38. The zero-order valence-corrected chi connectivity index (χ0v) is 6.91. The van der Waals surface area contributed by atoms with E-state index in [1.807, 2.05) is 0 Å². The van der Waals surface area contributed by atoms with E-state index in [-0.39, 0.29) is 13.0 Å². The Bertz CT molecular complexity index is 268. The highest BCUT2D eigenvalue weighted by Gasteiger charge is 2.25. The van der Waals surface area contributed by atoms with E-state index in [2.05, 4.69) is 9.47 Å². The second kappa shape index (κ2) is 3.28. The van der Waals surface area contributed by atoms with Crippen LogP contribution in [0.1, 0.15) is 6.42 Å². The third-order valence-electron chi connectivity index (χ3n) is 1.35. The molecule has 12 heavy (non-hydrogen) atoms. The molecule has 0 bridgehead atoms. The lowest BCUT2D eigenvalue weighted by Crippen LogP contribution is -2.16. The molecule has 6 nitrogen and oxygen atoms in total. The predicted octanol–water partition coefficient (Wildman–Crippen LogP) is -0.200. The molecular weight excluding hydrogens is 188 g/mol. The summed E-state index contributed by atoms with van der Waals surface area (Å²) in [5, 5.41) is 0. The zero-order valence-electron chi connectivity index (χ0n) is 6.10. The minimum atomic E-state index is -3.98.